The Morgan fingerprint density at radius 3 is 2.80 bits per heavy atom. The summed E-state index contributed by atoms with van der Waals surface area (Å²) in [6.45, 7) is 3.54. The van der Waals surface area contributed by atoms with Gasteiger partial charge in [-0.2, -0.15) is 0 Å². The number of hydrogen-bond donors (Lipinski definition) is 0. The lowest BCUT2D eigenvalue weighted by atomic mass is 10.1. The van der Waals surface area contributed by atoms with Crippen molar-refractivity contribution in [3.8, 4) is 0 Å². The molecule has 4 heteroatoms. The Balaban J connectivity index is 3.72. The Hall–Kier alpha value is -1.15. The quantitative estimate of drug-likeness (QED) is 0.254. The maximum atomic E-state index is 10.6. The number of carbonyl (C=O) groups is 1. The zero-order valence-electron chi connectivity index (χ0n) is 5.96. The minimum atomic E-state index is -0.495. The molecule has 0 heterocycles. The number of isocyanates is 1. The summed E-state index contributed by atoms with van der Waals surface area (Å²) in [6.07, 6.45) is 1.78. The van der Waals surface area contributed by atoms with Gasteiger partial charge in [-0.3, -0.25) is 0 Å². The molecule has 0 saturated carbocycles. The molecule has 0 aliphatic rings. The van der Waals surface area contributed by atoms with Gasteiger partial charge >= 0.3 is 5.97 Å². The molecule has 0 radical (unpaired) electrons. The SMILES string of the molecule is CCC(C)C(=O)ON=C=O. The van der Waals surface area contributed by atoms with Crippen LogP contribution in [0.15, 0.2) is 5.16 Å². The van der Waals surface area contributed by atoms with E-state index in [2.05, 4.69) is 9.99 Å². The first-order valence-electron chi connectivity index (χ1n) is 3.00. The van der Waals surface area contributed by atoms with Gasteiger partial charge < -0.3 is 4.84 Å². The second kappa shape index (κ2) is 4.70. The maximum Gasteiger partial charge on any atom is 0.338 e. The lowest BCUT2D eigenvalue weighted by molar-refractivity contribution is -0.148. The van der Waals surface area contributed by atoms with Crippen molar-refractivity contribution in [1.29, 1.82) is 0 Å². The maximum absolute atomic E-state index is 10.6. The van der Waals surface area contributed by atoms with E-state index < -0.39 is 5.97 Å². The summed E-state index contributed by atoms with van der Waals surface area (Å²) in [5.41, 5.74) is 0. The monoisotopic (exact) mass is 143 g/mol. The van der Waals surface area contributed by atoms with Gasteiger partial charge in [0.2, 0.25) is 0 Å². The predicted octanol–water partition coefficient (Wildman–Crippen LogP) is 0.827. The summed E-state index contributed by atoms with van der Waals surface area (Å²) < 4.78 is 0. The van der Waals surface area contributed by atoms with Crippen LogP contribution in [0, 0.1) is 5.92 Å². The number of nitrogens with zero attached hydrogens (tertiary/aromatic N) is 1. The fourth-order valence-electron chi connectivity index (χ4n) is 0.320. The van der Waals surface area contributed by atoms with Crippen LogP contribution in [0.1, 0.15) is 20.3 Å². The van der Waals surface area contributed by atoms with Crippen LogP contribution in [0.2, 0.25) is 0 Å². The van der Waals surface area contributed by atoms with E-state index in [1.54, 1.807) is 6.92 Å². The second-order valence-electron chi connectivity index (χ2n) is 1.90. The van der Waals surface area contributed by atoms with Gasteiger partial charge in [-0.05, 0) is 6.42 Å². The third-order valence-corrected chi connectivity index (χ3v) is 1.19. The summed E-state index contributed by atoms with van der Waals surface area (Å²) in [6, 6.07) is 0. The molecule has 1 atom stereocenters. The van der Waals surface area contributed by atoms with Crippen LogP contribution in [0.25, 0.3) is 0 Å². The first-order valence-corrected chi connectivity index (χ1v) is 3.00. The summed E-state index contributed by atoms with van der Waals surface area (Å²) in [4.78, 5) is 24.2. The van der Waals surface area contributed by atoms with E-state index in [1.807, 2.05) is 6.92 Å². The summed E-state index contributed by atoms with van der Waals surface area (Å²) in [5.74, 6) is -0.706. The molecule has 0 rings (SSSR count). The molecule has 56 valence electrons. The van der Waals surface area contributed by atoms with Gasteiger partial charge in [0.25, 0.3) is 6.08 Å². The Labute approximate surface area is 58.8 Å². The highest BCUT2D eigenvalue weighted by atomic mass is 16.7. The zero-order valence-corrected chi connectivity index (χ0v) is 5.96. The average molecular weight is 143 g/mol. The van der Waals surface area contributed by atoms with Crippen LogP contribution in [0.5, 0.6) is 0 Å². The number of hydrogen-bond acceptors (Lipinski definition) is 4. The van der Waals surface area contributed by atoms with Crippen LogP contribution in [-0.4, -0.2) is 12.0 Å². The molecule has 0 aliphatic heterocycles. The fraction of sp³-hybridized carbons (Fsp3) is 0.667. The van der Waals surface area contributed by atoms with Gasteiger partial charge in [-0.1, -0.05) is 13.8 Å². The third kappa shape index (κ3) is 2.99. The van der Waals surface area contributed by atoms with E-state index >= 15 is 0 Å². The molecule has 0 aromatic heterocycles. The Bertz CT molecular complexity index is 160. The molecule has 0 N–H and O–H groups in total. The van der Waals surface area contributed by atoms with Gasteiger partial charge in [0.15, 0.2) is 0 Å². The Kier molecular flexibility index (Phi) is 4.16. The molecule has 0 aromatic carbocycles. The molecular formula is C6H9NO3. The summed E-state index contributed by atoms with van der Waals surface area (Å²) in [7, 11) is 0. The van der Waals surface area contributed by atoms with Gasteiger partial charge in [-0.15, -0.1) is 0 Å². The minimum Gasteiger partial charge on any atom is -0.306 e. The van der Waals surface area contributed by atoms with Crippen LogP contribution in [0.4, 0.5) is 0 Å². The first kappa shape index (κ1) is 8.85. The molecule has 1 unspecified atom stereocenters. The van der Waals surface area contributed by atoms with Crippen molar-refractivity contribution in [3.05, 3.63) is 0 Å². The van der Waals surface area contributed by atoms with Crippen LogP contribution in [0.3, 0.4) is 0 Å². The van der Waals surface area contributed by atoms with Crippen LogP contribution < -0.4 is 0 Å². The largest absolute Gasteiger partial charge is 0.338 e. The zero-order chi connectivity index (χ0) is 7.98. The van der Waals surface area contributed by atoms with E-state index in [-0.39, 0.29) is 5.92 Å². The number of carbonyl (C=O) groups excluding carboxylic acids is 2. The van der Waals surface area contributed by atoms with Crippen molar-refractivity contribution in [3.63, 3.8) is 0 Å². The third-order valence-electron chi connectivity index (χ3n) is 1.19. The lowest BCUT2D eigenvalue weighted by Gasteiger charge is -2.00. The lowest BCUT2D eigenvalue weighted by Crippen LogP contribution is -2.10. The fourth-order valence-corrected chi connectivity index (χ4v) is 0.320. The van der Waals surface area contributed by atoms with E-state index in [0.29, 0.717) is 6.42 Å². The highest BCUT2D eigenvalue weighted by Crippen LogP contribution is 2.02. The van der Waals surface area contributed by atoms with Crippen molar-refractivity contribution in [2.75, 3.05) is 0 Å². The minimum absolute atomic E-state index is 0.211. The molecule has 0 spiro atoms. The smallest absolute Gasteiger partial charge is 0.306 e. The molecule has 4 nitrogen and oxygen atoms in total. The first-order chi connectivity index (χ1) is 4.72. The predicted molar refractivity (Wildman–Crippen MR) is 33.7 cm³/mol. The van der Waals surface area contributed by atoms with E-state index in [4.69, 9.17) is 0 Å². The molecule has 0 aliphatic carbocycles. The molecular weight excluding hydrogens is 134 g/mol. The Morgan fingerprint density at radius 1 is 1.80 bits per heavy atom. The number of rotatable bonds is 3. The van der Waals surface area contributed by atoms with E-state index in [9.17, 15) is 9.59 Å². The topological polar surface area (TPSA) is 55.7 Å². The van der Waals surface area contributed by atoms with Crippen LogP contribution >= 0.6 is 0 Å². The molecule has 0 saturated heterocycles. The van der Waals surface area contributed by atoms with Gasteiger partial charge in [0.1, 0.15) is 0 Å². The van der Waals surface area contributed by atoms with Crippen molar-refractivity contribution in [1.82, 2.24) is 0 Å². The summed E-state index contributed by atoms with van der Waals surface area (Å²) in [5, 5.41) is 2.69. The van der Waals surface area contributed by atoms with Crippen molar-refractivity contribution in [2.24, 2.45) is 11.1 Å². The molecule has 0 bridgehead atoms. The Morgan fingerprint density at radius 2 is 2.40 bits per heavy atom. The van der Waals surface area contributed by atoms with Gasteiger partial charge in [0.05, 0.1) is 5.92 Å². The summed E-state index contributed by atoms with van der Waals surface area (Å²) >= 11 is 0. The second-order valence-corrected chi connectivity index (χ2v) is 1.90. The van der Waals surface area contributed by atoms with E-state index in [0.717, 1.165) is 6.08 Å². The van der Waals surface area contributed by atoms with Crippen LogP contribution in [-0.2, 0) is 14.4 Å². The highest BCUT2D eigenvalue weighted by molar-refractivity contribution is 5.71. The molecule has 0 aromatic rings. The van der Waals surface area contributed by atoms with Crippen molar-refractivity contribution >= 4 is 12.0 Å². The average Bonchev–Trinajstić information content (AvgIpc) is 1.98. The highest BCUT2D eigenvalue weighted by Gasteiger charge is 2.11. The molecule has 0 fully saturated rings. The van der Waals surface area contributed by atoms with Crippen molar-refractivity contribution in [2.45, 2.75) is 20.3 Å². The van der Waals surface area contributed by atoms with Crippen molar-refractivity contribution < 1.29 is 14.4 Å². The van der Waals surface area contributed by atoms with Gasteiger partial charge in [0, 0.05) is 5.16 Å². The van der Waals surface area contributed by atoms with E-state index in [1.165, 1.54) is 0 Å². The molecule has 0 amide bonds. The molecule has 10 heavy (non-hydrogen) atoms. The normalized spacial score (nSPS) is 11.4. The van der Waals surface area contributed by atoms with Gasteiger partial charge in [-0.25, -0.2) is 9.59 Å². The standard InChI is InChI=1S/C6H9NO3/c1-3-5(2)6(9)10-7-4-8/h5H,3H2,1-2H3.